The Balaban J connectivity index is 2.47. The van der Waals surface area contributed by atoms with Gasteiger partial charge in [-0.15, -0.1) is 0 Å². The molecule has 0 saturated carbocycles. The minimum absolute atomic E-state index is 0.0585. The Hall–Kier alpha value is -1.93. The molecular formula is C55H105N3O5. The SMILES string of the molecule is CCCCCCCCCC(CCCCCC)C(=O)OCCCCCCN(CCCCCCOC(=O)C(CCCCCC)CCCCCCCCC)CCCOCn1cc(C)nc1C. The van der Waals surface area contributed by atoms with E-state index in [-0.39, 0.29) is 23.8 Å². The van der Waals surface area contributed by atoms with Crippen molar-refractivity contribution in [2.24, 2.45) is 11.8 Å². The fourth-order valence-corrected chi connectivity index (χ4v) is 8.94. The van der Waals surface area contributed by atoms with Crippen molar-refractivity contribution >= 4 is 11.9 Å². The van der Waals surface area contributed by atoms with Gasteiger partial charge in [-0.1, -0.05) is 195 Å². The van der Waals surface area contributed by atoms with Gasteiger partial charge in [0.25, 0.3) is 0 Å². The van der Waals surface area contributed by atoms with Crippen LogP contribution < -0.4 is 0 Å². The number of unbranched alkanes of at least 4 members (excludes halogenated alkanes) is 24. The Bertz CT molecular complexity index is 1100. The lowest BCUT2D eigenvalue weighted by Gasteiger charge is -2.22. The van der Waals surface area contributed by atoms with E-state index in [9.17, 15) is 9.59 Å². The summed E-state index contributed by atoms with van der Waals surface area (Å²) in [4.78, 5) is 33.4. The molecule has 2 unspecified atom stereocenters. The molecule has 2 atom stereocenters. The molecule has 1 aromatic heterocycles. The summed E-state index contributed by atoms with van der Waals surface area (Å²) in [5, 5.41) is 0. The third-order valence-electron chi connectivity index (χ3n) is 13.1. The van der Waals surface area contributed by atoms with E-state index in [1.54, 1.807) is 0 Å². The van der Waals surface area contributed by atoms with E-state index in [1.165, 1.54) is 116 Å². The molecule has 63 heavy (non-hydrogen) atoms. The molecule has 0 aliphatic carbocycles. The van der Waals surface area contributed by atoms with Crippen LogP contribution in [0.5, 0.6) is 0 Å². The molecule has 0 fully saturated rings. The minimum Gasteiger partial charge on any atom is -0.465 e. The fraction of sp³-hybridized carbons (Fsp3) is 0.909. The van der Waals surface area contributed by atoms with Crippen LogP contribution in [0.25, 0.3) is 0 Å². The zero-order valence-electron chi connectivity index (χ0n) is 42.8. The van der Waals surface area contributed by atoms with Crippen molar-refractivity contribution in [1.82, 2.24) is 14.5 Å². The van der Waals surface area contributed by atoms with Crippen molar-refractivity contribution in [2.45, 2.75) is 273 Å². The number of carbonyl (C=O) groups excluding carboxylic acids is 2. The third kappa shape index (κ3) is 35.0. The molecule has 1 aromatic rings. The van der Waals surface area contributed by atoms with Crippen molar-refractivity contribution in [3.05, 3.63) is 17.7 Å². The maximum Gasteiger partial charge on any atom is 0.308 e. The topological polar surface area (TPSA) is 82.9 Å². The first-order valence-corrected chi connectivity index (χ1v) is 27.5. The number of ether oxygens (including phenoxy) is 3. The monoisotopic (exact) mass is 888 g/mol. The number of aromatic nitrogens is 2. The first-order chi connectivity index (χ1) is 30.9. The molecule has 8 nitrogen and oxygen atoms in total. The molecule has 0 amide bonds. The van der Waals surface area contributed by atoms with Crippen molar-refractivity contribution in [3.63, 3.8) is 0 Å². The van der Waals surface area contributed by atoms with Crippen LogP contribution in [0.3, 0.4) is 0 Å². The van der Waals surface area contributed by atoms with Crippen LogP contribution >= 0.6 is 0 Å². The first kappa shape index (κ1) is 59.1. The van der Waals surface area contributed by atoms with Crippen LogP contribution in [0.2, 0.25) is 0 Å². The molecule has 0 bridgehead atoms. The predicted octanol–water partition coefficient (Wildman–Crippen LogP) is 15.8. The number of aryl methyl sites for hydroxylation is 2. The van der Waals surface area contributed by atoms with Crippen LogP contribution in [0, 0.1) is 25.7 Å². The van der Waals surface area contributed by atoms with Gasteiger partial charge in [-0.3, -0.25) is 9.59 Å². The maximum atomic E-state index is 13.1. The lowest BCUT2D eigenvalue weighted by atomic mass is 9.94. The normalized spacial score (nSPS) is 12.6. The highest BCUT2D eigenvalue weighted by Crippen LogP contribution is 2.23. The molecule has 0 aliphatic rings. The van der Waals surface area contributed by atoms with Gasteiger partial charge in [0.1, 0.15) is 12.6 Å². The number of carbonyl (C=O) groups is 2. The zero-order valence-corrected chi connectivity index (χ0v) is 42.8. The third-order valence-corrected chi connectivity index (χ3v) is 13.1. The standard InChI is InChI=1S/C55H105N3O5/c1-7-11-15-19-21-23-31-40-52(38-29-17-13-9-3)54(59)62-46-35-27-25-33-42-57(44-37-45-61-49-58-48-50(5)56-51(58)6)43-34-26-28-36-47-63-55(60)53(39-30-18-14-10-4)41-32-24-22-20-16-12-8-2/h48,52-53H,7-47,49H2,1-6H3. The molecule has 0 N–H and O–H groups in total. The predicted molar refractivity (Wildman–Crippen MR) is 267 cm³/mol. The second-order valence-electron chi connectivity index (χ2n) is 19.2. The number of esters is 2. The minimum atomic E-state index is 0.0585. The van der Waals surface area contributed by atoms with Gasteiger partial charge >= 0.3 is 11.9 Å². The van der Waals surface area contributed by atoms with Crippen molar-refractivity contribution in [2.75, 3.05) is 39.5 Å². The summed E-state index contributed by atoms with van der Waals surface area (Å²) in [6.07, 6.45) is 43.5. The number of hydrogen-bond donors (Lipinski definition) is 0. The van der Waals surface area contributed by atoms with Gasteiger partial charge in [0.2, 0.25) is 0 Å². The lowest BCUT2D eigenvalue weighted by Crippen LogP contribution is -2.28. The number of hydrogen-bond acceptors (Lipinski definition) is 7. The van der Waals surface area contributed by atoms with Gasteiger partial charge in [0.15, 0.2) is 0 Å². The number of rotatable bonds is 48. The molecule has 0 aromatic carbocycles. The van der Waals surface area contributed by atoms with Crippen LogP contribution in [0.15, 0.2) is 6.20 Å². The highest BCUT2D eigenvalue weighted by molar-refractivity contribution is 5.72. The summed E-state index contributed by atoms with van der Waals surface area (Å²) >= 11 is 0. The molecular weight excluding hydrogens is 783 g/mol. The molecule has 0 saturated heterocycles. The average molecular weight is 888 g/mol. The molecule has 8 heteroatoms. The summed E-state index contributed by atoms with van der Waals surface area (Å²) in [5.74, 6) is 1.28. The van der Waals surface area contributed by atoms with Crippen molar-refractivity contribution in [1.29, 1.82) is 0 Å². The maximum absolute atomic E-state index is 13.1. The van der Waals surface area contributed by atoms with Crippen LogP contribution in [-0.4, -0.2) is 65.8 Å². The highest BCUT2D eigenvalue weighted by atomic mass is 16.5. The fourth-order valence-electron chi connectivity index (χ4n) is 8.94. The average Bonchev–Trinajstić information content (AvgIpc) is 3.61. The van der Waals surface area contributed by atoms with Gasteiger partial charge < -0.3 is 23.7 Å². The van der Waals surface area contributed by atoms with Gasteiger partial charge in [-0.25, -0.2) is 4.98 Å². The molecule has 1 heterocycles. The molecule has 0 radical (unpaired) electrons. The van der Waals surface area contributed by atoms with E-state index in [1.807, 2.05) is 13.8 Å². The Kier molecular flexibility index (Phi) is 41.2. The summed E-state index contributed by atoms with van der Waals surface area (Å²) in [7, 11) is 0. The zero-order chi connectivity index (χ0) is 45.9. The summed E-state index contributed by atoms with van der Waals surface area (Å²) in [6, 6.07) is 0. The second-order valence-corrected chi connectivity index (χ2v) is 19.2. The van der Waals surface area contributed by atoms with Crippen molar-refractivity contribution < 1.29 is 23.8 Å². The van der Waals surface area contributed by atoms with Crippen LogP contribution in [0.4, 0.5) is 0 Å². The lowest BCUT2D eigenvalue weighted by molar-refractivity contribution is -0.150. The molecule has 0 spiro atoms. The van der Waals surface area contributed by atoms with E-state index in [0.717, 1.165) is 147 Å². The van der Waals surface area contributed by atoms with E-state index in [2.05, 4.69) is 48.3 Å². The quantitative estimate of drug-likeness (QED) is 0.0476. The Labute approximate surface area is 390 Å². The molecule has 1 rings (SSSR count). The number of nitrogens with zero attached hydrogens (tertiary/aromatic N) is 3. The summed E-state index contributed by atoms with van der Waals surface area (Å²) < 4.78 is 19.9. The largest absolute Gasteiger partial charge is 0.465 e. The first-order valence-electron chi connectivity index (χ1n) is 27.5. The van der Waals surface area contributed by atoms with Gasteiger partial charge in [-0.05, 0) is 84.7 Å². The second kappa shape index (κ2) is 43.9. The summed E-state index contributed by atoms with van der Waals surface area (Å²) in [6.45, 7) is 18.7. The van der Waals surface area contributed by atoms with E-state index >= 15 is 0 Å². The van der Waals surface area contributed by atoms with Crippen molar-refractivity contribution in [3.8, 4) is 0 Å². The Morgan fingerprint density at radius 2 is 0.825 bits per heavy atom. The van der Waals surface area contributed by atoms with Gasteiger partial charge in [0.05, 0.1) is 37.4 Å². The van der Waals surface area contributed by atoms with Gasteiger partial charge in [-0.2, -0.15) is 0 Å². The molecule has 370 valence electrons. The van der Waals surface area contributed by atoms with Gasteiger partial charge in [0, 0.05) is 12.7 Å². The molecule has 0 aliphatic heterocycles. The van der Waals surface area contributed by atoms with E-state index in [0.29, 0.717) is 19.9 Å². The Morgan fingerprint density at radius 3 is 1.22 bits per heavy atom. The van der Waals surface area contributed by atoms with E-state index < -0.39 is 0 Å². The number of imidazole rings is 1. The van der Waals surface area contributed by atoms with Crippen LogP contribution in [-0.2, 0) is 30.5 Å². The van der Waals surface area contributed by atoms with Crippen LogP contribution in [0.1, 0.15) is 264 Å². The van der Waals surface area contributed by atoms with E-state index in [4.69, 9.17) is 14.2 Å². The Morgan fingerprint density at radius 1 is 0.476 bits per heavy atom. The highest BCUT2D eigenvalue weighted by Gasteiger charge is 2.20. The smallest absolute Gasteiger partial charge is 0.308 e. The summed E-state index contributed by atoms with van der Waals surface area (Å²) in [5.41, 5.74) is 1.03.